The molecule has 1 heterocycles. The van der Waals surface area contributed by atoms with Gasteiger partial charge in [-0.15, -0.1) is 11.3 Å². The summed E-state index contributed by atoms with van der Waals surface area (Å²) in [6, 6.07) is 0. The second kappa shape index (κ2) is 4.19. The van der Waals surface area contributed by atoms with Crippen molar-refractivity contribution in [3.63, 3.8) is 0 Å². The van der Waals surface area contributed by atoms with Crippen LogP contribution in [0, 0.1) is 13.8 Å². The van der Waals surface area contributed by atoms with Crippen molar-refractivity contribution in [2.75, 3.05) is 5.33 Å². The second-order valence-corrected chi connectivity index (χ2v) is 4.60. The predicted molar refractivity (Wildman–Crippen MR) is 59.0 cm³/mol. The fraction of sp³-hybridized carbons (Fsp3) is 0.444. The molecular formula is C9H12BrNS. The molecule has 0 aromatic carbocycles. The Morgan fingerprint density at radius 1 is 1.58 bits per heavy atom. The molecule has 1 nitrogen and oxygen atoms in total. The van der Waals surface area contributed by atoms with E-state index in [1.165, 1.54) is 10.5 Å². The fourth-order valence-electron chi connectivity index (χ4n) is 0.943. The molecule has 0 aliphatic carbocycles. The van der Waals surface area contributed by atoms with Crippen LogP contribution in [0.3, 0.4) is 0 Å². The third kappa shape index (κ3) is 2.42. The minimum atomic E-state index is 0.934. The summed E-state index contributed by atoms with van der Waals surface area (Å²) in [5.74, 6) is 0. The summed E-state index contributed by atoms with van der Waals surface area (Å²) in [6.07, 6.45) is 2.19. The van der Waals surface area contributed by atoms with E-state index in [2.05, 4.69) is 40.8 Å². The van der Waals surface area contributed by atoms with Crippen molar-refractivity contribution in [2.24, 2.45) is 0 Å². The van der Waals surface area contributed by atoms with Crippen molar-refractivity contribution in [1.82, 2.24) is 4.98 Å². The summed E-state index contributed by atoms with van der Waals surface area (Å²) >= 11 is 5.17. The van der Waals surface area contributed by atoms with Crippen LogP contribution in [0.15, 0.2) is 5.57 Å². The molecule has 0 amide bonds. The number of aromatic nitrogens is 1. The maximum absolute atomic E-state index is 4.36. The Bertz CT molecular complexity index is 301. The van der Waals surface area contributed by atoms with Crippen LogP contribution in [0.5, 0.6) is 0 Å². The minimum absolute atomic E-state index is 0.934. The van der Waals surface area contributed by atoms with Crippen LogP contribution in [0.2, 0.25) is 0 Å². The second-order valence-electron chi connectivity index (χ2n) is 2.81. The van der Waals surface area contributed by atoms with Gasteiger partial charge in [-0.2, -0.15) is 0 Å². The molecule has 1 rings (SSSR count). The number of thiazole rings is 1. The van der Waals surface area contributed by atoms with E-state index in [-0.39, 0.29) is 0 Å². The summed E-state index contributed by atoms with van der Waals surface area (Å²) in [6.45, 7) is 6.21. The van der Waals surface area contributed by atoms with Gasteiger partial charge in [0.1, 0.15) is 0 Å². The average molecular weight is 246 g/mol. The molecule has 0 unspecified atom stereocenters. The highest BCUT2D eigenvalue weighted by molar-refractivity contribution is 9.09. The Balaban J connectivity index is 2.95. The standard InChI is InChI=1S/C9H12BrNS/c1-6(5-10)4-9-7(2)11-8(3)12-9/h4H,5H2,1-3H3/b6-4+. The first kappa shape index (κ1) is 9.93. The summed E-state index contributed by atoms with van der Waals surface area (Å²) in [5.41, 5.74) is 2.47. The van der Waals surface area contributed by atoms with Crippen molar-refractivity contribution in [3.05, 3.63) is 21.2 Å². The number of hydrogen-bond acceptors (Lipinski definition) is 2. The molecule has 0 aliphatic rings. The van der Waals surface area contributed by atoms with E-state index >= 15 is 0 Å². The number of halogens is 1. The SMILES string of the molecule is C/C(=C\c1sc(C)nc1C)CBr. The van der Waals surface area contributed by atoms with Crippen LogP contribution < -0.4 is 0 Å². The Morgan fingerprint density at radius 2 is 2.25 bits per heavy atom. The van der Waals surface area contributed by atoms with Gasteiger partial charge in [0.05, 0.1) is 15.6 Å². The first-order valence-electron chi connectivity index (χ1n) is 3.80. The van der Waals surface area contributed by atoms with Gasteiger partial charge in [0.25, 0.3) is 0 Å². The first-order chi connectivity index (χ1) is 5.63. The van der Waals surface area contributed by atoms with E-state index in [0.29, 0.717) is 0 Å². The number of aryl methyl sites for hydroxylation is 2. The van der Waals surface area contributed by atoms with Gasteiger partial charge >= 0.3 is 0 Å². The van der Waals surface area contributed by atoms with Crippen molar-refractivity contribution >= 4 is 33.3 Å². The zero-order chi connectivity index (χ0) is 9.14. The van der Waals surface area contributed by atoms with Gasteiger partial charge in [-0.1, -0.05) is 21.5 Å². The lowest BCUT2D eigenvalue weighted by atomic mass is 10.3. The van der Waals surface area contributed by atoms with E-state index in [0.717, 1.165) is 16.0 Å². The Hall–Kier alpha value is -0.150. The summed E-state index contributed by atoms with van der Waals surface area (Å²) in [5, 5.41) is 2.07. The van der Waals surface area contributed by atoms with Crippen LogP contribution in [0.25, 0.3) is 6.08 Å². The quantitative estimate of drug-likeness (QED) is 0.727. The van der Waals surface area contributed by atoms with E-state index < -0.39 is 0 Å². The predicted octanol–water partition coefficient (Wildman–Crippen LogP) is 3.56. The molecule has 66 valence electrons. The van der Waals surface area contributed by atoms with Gasteiger partial charge in [0, 0.05) is 5.33 Å². The molecular weight excluding hydrogens is 234 g/mol. The van der Waals surface area contributed by atoms with Crippen LogP contribution in [-0.4, -0.2) is 10.3 Å². The van der Waals surface area contributed by atoms with Gasteiger partial charge in [0.15, 0.2) is 0 Å². The van der Waals surface area contributed by atoms with Crippen molar-refractivity contribution in [2.45, 2.75) is 20.8 Å². The Morgan fingerprint density at radius 3 is 2.67 bits per heavy atom. The van der Waals surface area contributed by atoms with Gasteiger partial charge in [-0.25, -0.2) is 4.98 Å². The van der Waals surface area contributed by atoms with Crippen molar-refractivity contribution < 1.29 is 0 Å². The molecule has 0 atom stereocenters. The zero-order valence-corrected chi connectivity index (χ0v) is 9.92. The van der Waals surface area contributed by atoms with Crippen LogP contribution in [0.4, 0.5) is 0 Å². The molecule has 0 radical (unpaired) electrons. The average Bonchev–Trinajstić information content (AvgIpc) is 2.30. The normalized spacial score (nSPS) is 12.2. The maximum atomic E-state index is 4.36. The van der Waals surface area contributed by atoms with Crippen LogP contribution >= 0.6 is 27.3 Å². The van der Waals surface area contributed by atoms with E-state index in [1.54, 1.807) is 11.3 Å². The molecule has 0 aliphatic heterocycles. The maximum Gasteiger partial charge on any atom is 0.0903 e. The molecule has 0 N–H and O–H groups in total. The van der Waals surface area contributed by atoms with Crippen molar-refractivity contribution in [1.29, 1.82) is 0 Å². The third-order valence-electron chi connectivity index (χ3n) is 1.53. The molecule has 0 bridgehead atoms. The number of hydrogen-bond donors (Lipinski definition) is 0. The molecule has 0 spiro atoms. The van der Waals surface area contributed by atoms with Crippen LogP contribution in [0.1, 0.15) is 22.5 Å². The van der Waals surface area contributed by atoms with Gasteiger partial charge in [0.2, 0.25) is 0 Å². The van der Waals surface area contributed by atoms with E-state index in [4.69, 9.17) is 0 Å². The largest absolute Gasteiger partial charge is 0.246 e. The number of allylic oxidation sites excluding steroid dienone is 1. The monoisotopic (exact) mass is 245 g/mol. The zero-order valence-electron chi connectivity index (χ0n) is 7.52. The van der Waals surface area contributed by atoms with Crippen molar-refractivity contribution in [3.8, 4) is 0 Å². The molecule has 12 heavy (non-hydrogen) atoms. The number of rotatable bonds is 2. The lowest BCUT2D eigenvalue weighted by Crippen LogP contribution is -1.77. The fourth-order valence-corrected chi connectivity index (χ4v) is 2.06. The molecule has 1 aromatic heterocycles. The highest BCUT2D eigenvalue weighted by Crippen LogP contribution is 2.20. The first-order valence-corrected chi connectivity index (χ1v) is 5.74. The molecule has 0 fully saturated rings. The topological polar surface area (TPSA) is 12.9 Å². The highest BCUT2D eigenvalue weighted by Gasteiger charge is 2.01. The number of alkyl halides is 1. The smallest absolute Gasteiger partial charge is 0.0903 e. The lowest BCUT2D eigenvalue weighted by Gasteiger charge is -1.92. The molecule has 0 saturated heterocycles. The van der Waals surface area contributed by atoms with E-state index in [9.17, 15) is 0 Å². The minimum Gasteiger partial charge on any atom is -0.246 e. The van der Waals surface area contributed by atoms with Gasteiger partial charge in [-0.3, -0.25) is 0 Å². The highest BCUT2D eigenvalue weighted by atomic mass is 79.9. The molecule has 1 aromatic rings. The lowest BCUT2D eigenvalue weighted by molar-refractivity contribution is 1.19. The summed E-state index contributed by atoms with van der Waals surface area (Å²) < 4.78 is 0. The summed E-state index contributed by atoms with van der Waals surface area (Å²) in [7, 11) is 0. The van der Waals surface area contributed by atoms with Gasteiger partial charge < -0.3 is 0 Å². The van der Waals surface area contributed by atoms with Gasteiger partial charge in [-0.05, 0) is 26.8 Å². The van der Waals surface area contributed by atoms with Crippen LogP contribution in [-0.2, 0) is 0 Å². The third-order valence-corrected chi connectivity index (χ3v) is 3.43. The van der Waals surface area contributed by atoms with E-state index in [1.807, 2.05) is 6.92 Å². The number of nitrogens with zero attached hydrogens (tertiary/aromatic N) is 1. The summed E-state index contributed by atoms with van der Waals surface area (Å²) in [4.78, 5) is 5.64. The Kier molecular flexibility index (Phi) is 3.47. The Labute approximate surface area is 85.7 Å². The molecule has 3 heteroatoms. The molecule has 0 saturated carbocycles.